The number of carbonyl (C=O) groups is 2. The van der Waals surface area contributed by atoms with Gasteiger partial charge in [0.05, 0.1) is 19.2 Å². The Hall–Kier alpha value is -3.82. The van der Waals surface area contributed by atoms with Crippen LogP contribution in [0.15, 0.2) is 60.8 Å². The van der Waals surface area contributed by atoms with Crippen LogP contribution in [0.3, 0.4) is 0 Å². The Morgan fingerprint density at radius 3 is 2.41 bits per heavy atom. The first-order chi connectivity index (χ1) is 15.6. The zero-order valence-corrected chi connectivity index (χ0v) is 18.0. The maximum atomic E-state index is 12.2. The Morgan fingerprint density at radius 1 is 1.09 bits per heavy atom. The number of nitrogens with one attached hydrogen (secondary N) is 1. The van der Waals surface area contributed by atoms with Crippen molar-refractivity contribution in [2.24, 2.45) is 0 Å². The normalized spacial score (nSPS) is 11.6. The highest BCUT2D eigenvalue weighted by molar-refractivity contribution is 6.32. The molecular weight excluding hydrogens is 428 g/mol. The van der Waals surface area contributed by atoms with Crippen molar-refractivity contribution in [1.29, 1.82) is 0 Å². The van der Waals surface area contributed by atoms with Gasteiger partial charge < -0.3 is 14.8 Å². The third-order valence-electron chi connectivity index (χ3n) is 5.14. The topological polar surface area (TPSA) is 77.5 Å². The van der Waals surface area contributed by atoms with Crippen LogP contribution >= 0.6 is 11.6 Å². The van der Waals surface area contributed by atoms with Gasteiger partial charge >= 0.3 is 12.1 Å². The van der Waals surface area contributed by atoms with Gasteiger partial charge in [-0.15, -0.1) is 0 Å². The van der Waals surface area contributed by atoms with Crippen molar-refractivity contribution in [3.05, 3.63) is 88.2 Å². The van der Waals surface area contributed by atoms with E-state index in [4.69, 9.17) is 16.3 Å². The number of hydrogen-bond donors (Lipinski definition) is 1. The lowest BCUT2D eigenvalue weighted by Crippen LogP contribution is -2.26. The number of aromatic nitrogens is 1. The fourth-order valence-electron chi connectivity index (χ4n) is 3.68. The van der Waals surface area contributed by atoms with Gasteiger partial charge in [0.15, 0.2) is 0 Å². The number of rotatable bonds is 4. The molecule has 0 bridgehead atoms. The molecule has 1 aliphatic carbocycles. The monoisotopic (exact) mass is 446 g/mol. The number of benzene rings is 2. The molecule has 0 radical (unpaired) electrons. The molecule has 0 spiro atoms. The average molecular weight is 447 g/mol. The van der Waals surface area contributed by atoms with Crippen LogP contribution in [0.5, 0.6) is 0 Å². The maximum Gasteiger partial charge on any atom is 0.407 e. The van der Waals surface area contributed by atoms with Gasteiger partial charge in [-0.1, -0.05) is 72.0 Å². The predicted octanol–water partition coefficient (Wildman–Crippen LogP) is 4.41. The Labute approximate surface area is 190 Å². The number of fused-ring (bicyclic) bond motifs is 3. The first-order valence-corrected chi connectivity index (χ1v) is 10.3. The molecule has 2 aromatic carbocycles. The third kappa shape index (κ3) is 4.43. The molecule has 4 rings (SSSR count). The Morgan fingerprint density at radius 2 is 1.75 bits per heavy atom. The number of alkyl carbamates (subject to hydrolysis) is 1. The second kappa shape index (κ2) is 9.54. The van der Waals surface area contributed by atoms with Crippen molar-refractivity contribution >= 4 is 23.7 Å². The molecule has 32 heavy (non-hydrogen) atoms. The highest BCUT2D eigenvalue weighted by Crippen LogP contribution is 2.44. The summed E-state index contributed by atoms with van der Waals surface area (Å²) in [4.78, 5) is 27.8. The lowest BCUT2D eigenvalue weighted by Gasteiger charge is -2.14. The molecule has 1 aromatic heterocycles. The Kier molecular flexibility index (Phi) is 6.39. The number of esters is 1. The van der Waals surface area contributed by atoms with E-state index in [1.807, 2.05) is 24.3 Å². The SMILES string of the molecule is COC(=O)c1cc(C#CCNC(=O)OCC2c3ccccc3-c3ccccc32)cnc1Cl. The Bertz CT molecular complexity index is 1200. The van der Waals surface area contributed by atoms with E-state index in [9.17, 15) is 9.59 Å². The number of halogens is 1. The van der Waals surface area contributed by atoms with E-state index < -0.39 is 12.1 Å². The van der Waals surface area contributed by atoms with Crippen LogP contribution < -0.4 is 5.32 Å². The highest BCUT2D eigenvalue weighted by Gasteiger charge is 2.28. The number of pyridine rings is 1. The van der Waals surface area contributed by atoms with Crippen LogP contribution in [0.1, 0.15) is 33.0 Å². The molecule has 1 heterocycles. The minimum atomic E-state index is -0.595. The van der Waals surface area contributed by atoms with Crippen LogP contribution in [-0.4, -0.2) is 37.3 Å². The number of ether oxygens (including phenoxy) is 2. The van der Waals surface area contributed by atoms with E-state index in [1.165, 1.54) is 30.5 Å². The molecule has 0 fully saturated rings. The van der Waals surface area contributed by atoms with Crippen LogP contribution in [0.2, 0.25) is 5.15 Å². The number of methoxy groups -OCH3 is 1. The average Bonchev–Trinajstić information content (AvgIpc) is 3.14. The van der Waals surface area contributed by atoms with Crippen molar-refractivity contribution in [3.63, 3.8) is 0 Å². The summed E-state index contributed by atoms with van der Waals surface area (Å²) in [5.74, 6) is 5.02. The van der Waals surface area contributed by atoms with Gasteiger partial charge in [0.1, 0.15) is 11.8 Å². The fraction of sp³-hybridized carbons (Fsp3) is 0.160. The standard InChI is InChI=1S/C25H19ClN2O4/c1-31-24(29)21-13-16(14-28-23(21)26)7-6-12-27-25(30)32-15-22-19-10-4-2-8-17(19)18-9-3-5-11-20(18)22/h2-5,8-11,13-14,22H,12,15H2,1H3,(H,27,30). The zero-order chi connectivity index (χ0) is 22.5. The molecule has 1 N–H and O–H groups in total. The van der Waals surface area contributed by atoms with Crippen molar-refractivity contribution in [2.45, 2.75) is 5.92 Å². The van der Waals surface area contributed by atoms with Crippen molar-refractivity contribution in [2.75, 3.05) is 20.3 Å². The summed E-state index contributed by atoms with van der Waals surface area (Å²) in [6.45, 7) is 0.309. The summed E-state index contributed by atoms with van der Waals surface area (Å²) in [7, 11) is 1.26. The molecule has 3 aromatic rings. The van der Waals surface area contributed by atoms with Crippen molar-refractivity contribution in [1.82, 2.24) is 10.3 Å². The van der Waals surface area contributed by atoms with Crippen LogP contribution in [0, 0.1) is 11.8 Å². The highest BCUT2D eigenvalue weighted by atomic mass is 35.5. The van der Waals surface area contributed by atoms with Gasteiger partial charge in [-0.05, 0) is 28.3 Å². The lowest BCUT2D eigenvalue weighted by molar-refractivity contribution is 0.0600. The summed E-state index contributed by atoms with van der Waals surface area (Å²) in [6.07, 6.45) is 0.889. The predicted molar refractivity (Wildman–Crippen MR) is 121 cm³/mol. The van der Waals surface area contributed by atoms with Gasteiger partial charge in [-0.2, -0.15) is 0 Å². The second-order valence-electron chi connectivity index (χ2n) is 7.03. The first-order valence-electron chi connectivity index (χ1n) is 9.90. The molecule has 7 heteroatoms. The van der Waals surface area contributed by atoms with Gasteiger partial charge in [-0.3, -0.25) is 0 Å². The Balaban J connectivity index is 1.34. The molecule has 0 saturated heterocycles. The van der Waals surface area contributed by atoms with Crippen molar-refractivity contribution in [3.8, 4) is 23.0 Å². The number of hydrogen-bond acceptors (Lipinski definition) is 5. The second-order valence-corrected chi connectivity index (χ2v) is 7.39. The van der Waals surface area contributed by atoms with Crippen LogP contribution in [-0.2, 0) is 9.47 Å². The number of amides is 1. The molecule has 1 amide bonds. The molecule has 0 saturated carbocycles. The lowest BCUT2D eigenvalue weighted by atomic mass is 9.98. The smallest absolute Gasteiger partial charge is 0.407 e. The quantitative estimate of drug-likeness (QED) is 0.365. The maximum absolute atomic E-state index is 12.2. The van der Waals surface area contributed by atoms with Crippen molar-refractivity contribution < 1.29 is 19.1 Å². The zero-order valence-electron chi connectivity index (χ0n) is 17.2. The minimum Gasteiger partial charge on any atom is -0.465 e. The summed E-state index contributed by atoms with van der Waals surface area (Å²) in [6, 6.07) is 17.8. The molecule has 0 unspecified atom stereocenters. The number of carbonyl (C=O) groups excluding carboxylic acids is 2. The summed E-state index contributed by atoms with van der Waals surface area (Å²) < 4.78 is 10.1. The van der Waals surface area contributed by atoms with Crippen LogP contribution in [0.4, 0.5) is 4.79 Å². The van der Waals surface area contributed by atoms with Gasteiger partial charge in [0, 0.05) is 17.7 Å². The van der Waals surface area contributed by atoms with Gasteiger partial charge in [0.2, 0.25) is 0 Å². The van der Waals surface area contributed by atoms with Crippen LogP contribution in [0.25, 0.3) is 11.1 Å². The summed E-state index contributed by atoms with van der Waals surface area (Å²) >= 11 is 5.89. The van der Waals surface area contributed by atoms with E-state index in [1.54, 1.807) is 0 Å². The molecule has 160 valence electrons. The summed E-state index contributed by atoms with van der Waals surface area (Å²) in [5, 5.41) is 2.65. The minimum absolute atomic E-state index is 0.00359. The first kappa shape index (κ1) is 21.4. The summed E-state index contributed by atoms with van der Waals surface area (Å²) in [5.41, 5.74) is 5.25. The molecule has 0 atom stereocenters. The number of nitrogens with zero attached hydrogens (tertiary/aromatic N) is 1. The van der Waals surface area contributed by atoms with Gasteiger partial charge in [0.25, 0.3) is 0 Å². The fourth-order valence-corrected chi connectivity index (χ4v) is 3.86. The van der Waals surface area contributed by atoms with E-state index >= 15 is 0 Å². The molecule has 0 aliphatic heterocycles. The van der Waals surface area contributed by atoms with E-state index in [-0.39, 0.29) is 29.8 Å². The molecule has 1 aliphatic rings. The van der Waals surface area contributed by atoms with E-state index in [0.29, 0.717) is 5.56 Å². The van der Waals surface area contributed by atoms with Gasteiger partial charge in [-0.25, -0.2) is 14.6 Å². The molecular formula is C25H19ClN2O4. The van der Waals surface area contributed by atoms with E-state index in [2.05, 4.69) is 51.1 Å². The van der Waals surface area contributed by atoms with E-state index in [0.717, 1.165) is 11.1 Å². The largest absolute Gasteiger partial charge is 0.465 e. The molecule has 6 nitrogen and oxygen atoms in total. The third-order valence-corrected chi connectivity index (χ3v) is 5.44.